The molecule has 0 aliphatic rings. The molecule has 0 heterocycles. The summed E-state index contributed by atoms with van der Waals surface area (Å²) in [5.74, 6) is -0.245. The van der Waals surface area contributed by atoms with E-state index in [9.17, 15) is 9.18 Å². The van der Waals surface area contributed by atoms with Gasteiger partial charge in [0.25, 0.3) is 5.91 Å². The number of anilines is 1. The summed E-state index contributed by atoms with van der Waals surface area (Å²) in [4.78, 5) is 14.6. The molecule has 2 rings (SSSR count). The fraction of sp³-hybridized carbons (Fsp3) is 0.238. The summed E-state index contributed by atoms with van der Waals surface area (Å²) < 4.78 is 18.6. The Hall–Kier alpha value is -2.86. The quantitative estimate of drug-likeness (QED) is 0.490. The number of rotatable bonds is 8. The van der Waals surface area contributed by atoms with Crippen molar-refractivity contribution in [2.75, 3.05) is 12.4 Å². The lowest BCUT2D eigenvalue weighted by atomic mass is 9.99. The van der Waals surface area contributed by atoms with Gasteiger partial charge < -0.3 is 15.8 Å². The number of carbonyl (C=O) groups is 1. The molecule has 1 unspecified atom stereocenters. The first-order valence-electron chi connectivity index (χ1n) is 8.67. The zero-order valence-electron chi connectivity index (χ0n) is 15.8. The minimum absolute atomic E-state index is 0.177. The van der Waals surface area contributed by atoms with Crippen LogP contribution in [-0.2, 0) is 4.79 Å². The maximum absolute atomic E-state index is 13.3. The molecule has 148 valence electrons. The fourth-order valence-electron chi connectivity index (χ4n) is 2.76. The average molecular weight is 404 g/mol. The van der Waals surface area contributed by atoms with Gasteiger partial charge in [0.05, 0.1) is 18.2 Å². The normalized spacial score (nSPS) is 12.4. The smallest absolute Gasteiger partial charge is 0.270 e. The fourth-order valence-corrected chi connectivity index (χ4v) is 3.05. The number of nitrogens with two attached hydrogens (primary N) is 1. The Morgan fingerprint density at radius 1 is 1.39 bits per heavy atom. The van der Waals surface area contributed by atoms with Crippen LogP contribution in [0.25, 0.3) is 0 Å². The molecule has 0 bridgehead atoms. The van der Waals surface area contributed by atoms with Crippen LogP contribution in [0.1, 0.15) is 30.0 Å². The molecule has 1 atom stereocenters. The van der Waals surface area contributed by atoms with Crippen LogP contribution in [0.4, 0.5) is 10.1 Å². The zero-order chi connectivity index (χ0) is 20.7. The van der Waals surface area contributed by atoms with E-state index >= 15 is 0 Å². The van der Waals surface area contributed by atoms with Gasteiger partial charge in [-0.2, -0.15) is 0 Å². The minimum atomic E-state index is -0.484. The van der Waals surface area contributed by atoms with Gasteiger partial charge in [-0.3, -0.25) is 4.79 Å². The number of aliphatic imine (C=N–C) groups is 1. The van der Waals surface area contributed by atoms with Gasteiger partial charge in [0, 0.05) is 23.5 Å². The first-order valence-corrected chi connectivity index (χ1v) is 9.04. The van der Waals surface area contributed by atoms with Crippen LogP contribution in [-0.4, -0.2) is 19.7 Å². The molecular weight excluding hydrogens is 381 g/mol. The number of halogens is 2. The van der Waals surface area contributed by atoms with E-state index in [4.69, 9.17) is 22.1 Å². The number of nitrogens with zero attached hydrogens (tertiary/aromatic N) is 1. The van der Waals surface area contributed by atoms with Crippen molar-refractivity contribution in [3.63, 3.8) is 0 Å². The molecular formula is C21H23ClFN3O2. The van der Waals surface area contributed by atoms with Crippen LogP contribution in [0.2, 0.25) is 5.02 Å². The number of benzene rings is 2. The second kappa shape index (κ2) is 9.90. The van der Waals surface area contributed by atoms with Gasteiger partial charge in [0.2, 0.25) is 0 Å². The van der Waals surface area contributed by atoms with Crippen LogP contribution < -0.4 is 15.8 Å². The van der Waals surface area contributed by atoms with Crippen molar-refractivity contribution in [2.45, 2.75) is 25.8 Å². The first-order chi connectivity index (χ1) is 13.3. The Morgan fingerprint density at radius 2 is 2.07 bits per heavy atom. The first kappa shape index (κ1) is 21.4. The Labute approximate surface area is 169 Å². The van der Waals surface area contributed by atoms with Crippen LogP contribution in [0.3, 0.4) is 0 Å². The van der Waals surface area contributed by atoms with E-state index in [0.29, 0.717) is 29.3 Å². The SMILES string of the molecule is C=NC(=O)/C=C(\N)CCC(Nc1cc(OC)c(Cl)cc1C)c1ccc(F)cc1. The lowest BCUT2D eigenvalue weighted by Gasteiger charge is -2.23. The molecule has 5 nitrogen and oxygen atoms in total. The number of ether oxygens (including phenoxy) is 1. The lowest BCUT2D eigenvalue weighted by Crippen LogP contribution is -2.14. The third-order valence-corrected chi connectivity index (χ3v) is 4.58. The van der Waals surface area contributed by atoms with Gasteiger partial charge in [0.15, 0.2) is 0 Å². The van der Waals surface area contributed by atoms with Gasteiger partial charge in [0.1, 0.15) is 11.6 Å². The number of hydrogen-bond acceptors (Lipinski definition) is 4. The van der Waals surface area contributed by atoms with Crippen molar-refractivity contribution in [2.24, 2.45) is 10.7 Å². The molecule has 0 spiro atoms. The molecule has 28 heavy (non-hydrogen) atoms. The number of hydrogen-bond donors (Lipinski definition) is 2. The lowest BCUT2D eigenvalue weighted by molar-refractivity contribution is -0.113. The molecule has 0 fully saturated rings. The summed E-state index contributed by atoms with van der Waals surface area (Å²) in [6.07, 6.45) is 2.27. The Balaban J connectivity index is 2.29. The Kier molecular flexibility index (Phi) is 7.58. The van der Waals surface area contributed by atoms with E-state index in [1.165, 1.54) is 18.2 Å². The summed E-state index contributed by atoms with van der Waals surface area (Å²) in [7, 11) is 1.55. The van der Waals surface area contributed by atoms with Crippen molar-refractivity contribution < 1.29 is 13.9 Å². The molecule has 1 amide bonds. The minimum Gasteiger partial charge on any atom is -0.495 e. The summed E-state index contributed by atoms with van der Waals surface area (Å²) in [6, 6.07) is 9.69. The van der Waals surface area contributed by atoms with Crippen molar-refractivity contribution in [1.82, 2.24) is 0 Å². The van der Waals surface area contributed by atoms with E-state index in [1.54, 1.807) is 19.2 Å². The largest absolute Gasteiger partial charge is 0.495 e. The molecule has 0 saturated carbocycles. The van der Waals surface area contributed by atoms with E-state index in [1.807, 2.05) is 19.1 Å². The van der Waals surface area contributed by atoms with Gasteiger partial charge in [-0.1, -0.05) is 23.7 Å². The number of allylic oxidation sites excluding steroid dienone is 1. The summed E-state index contributed by atoms with van der Waals surface area (Å²) >= 11 is 6.17. The monoisotopic (exact) mass is 403 g/mol. The van der Waals surface area contributed by atoms with Crippen molar-refractivity contribution >= 4 is 29.9 Å². The number of aryl methyl sites for hydroxylation is 1. The van der Waals surface area contributed by atoms with Crippen LogP contribution >= 0.6 is 11.6 Å². The van der Waals surface area contributed by atoms with Crippen molar-refractivity contribution in [1.29, 1.82) is 0 Å². The number of methoxy groups -OCH3 is 1. The molecule has 0 aliphatic heterocycles. The van der Waals surface area contributed by atoms with E-state index in [0.717, 1.165) is 16.8 Å². The van der Waals surface area contributed by atoms with Crippen LogP contribution in [0, 0.1) is 12.7 Å². The highest BCUT2D eigenvalue weighted by molar-refractivity contribution is 6.32. The number of nitrogens with one attached hydrogen (secondary N) is 1. The second-order valence-corrected chi connectivity index (χ2v) is 6.71. The molecule has 2 aromatic carbocycles. The molecule has 0 aliphatic carbocycles. The van der Waals surface area contributed by atoms with Gasteiger partial charge in [-0.25, -0.2) is 9.38 Å². The van der Waals surface area contributed by atoms with E-state index in [-0.39, 0.29) is 11.9 Å². The molecule has 3 N–H and O–H groups in total. The van der Waals surface area contributed by atoms with Crippen molar-refractivity contribution in [3.8, 4) is 5.75 Å². The zero-order valence-corrected chi connectivity index (χ0v) is 16.6. The van der Waals surface area contributed by atoms with E-state index < -0.39 is 5.91 Å². The van der Waals surface area contributed by atoms with E-state index in [2.05, 4.69) is 17.0 Å². The van der Waals surface area contributed by atoms with Gasteiger partial charge >= 0.3 is 0 Å². The average Bonchev–Trinajstić information content (AvgIpc) is 2.67. The maximum atomic E-state index is 13.3. The summed E-state index contributed by atoms with van der Waals surface area (Å²) in [5, 5.41) is 3.96. The number of amides is 1. The standard InChI is InChI=1S/C21H23ClFN3O2/c1-13-10-17(22)20(28-3)12-19(13)26-18(14-4-6-15(23)7-5-14)9-8-16(24)11-21(27)25-2/h4-7,10-12,18,26H,2,8-9,24H2,1,3H3/b16-11-. The predicted molar refractivity (Wildman–Crippen MR) is 112 cm³/mol. The second-order valence-electron chi connectivity index (χ2n) is 6.30. The summed E-state index contributed by atoms with van der Waals surface area (Å²) in [6.45, 7) is 5.11. The highest BCUT2D eigenvalue weighted by Gasteiger charge is 2.15. The van der Waals surface area contributed by atoms with Crippen LogP contribution in [0.5, 0.6) is 5.75 Å². The Bertz CT molecular complexity index is 882. The molecule has 0 radical (unpaired) electrons. The highest BCUT2D eigenvalue weighted by Crippen LogP contribution is 2.34. The predicted octanol–water partition coefficient (Wildman–Crippen LogP) is 4.80. The van der Waals surface area contributed by atoms with Crippen molar-refractivity contribution in [3.05, 3.63) is 70.1 Å². The molecule has 7 heteroatoms. The third kappa shape index (κ3) is 5.82. The molecule has 0 aromatic heterocycles. The van der Waals surface area contributed by atoms with Crippen LogP contribution in [0.15, 0.2) is 53.2 Å². The maximum Gasteiger partial charge on any atom is 0.270 e. The third-order valence-electron chi connectivity index (χ3n) is 4.29. The van der Waals surface area contributed by atoms with Gasteiger partial charge in [-0.05, 0) is 55.8 Å². The number of carbonyl (C=O) groups excluding carboxylic acids is 1. The van der Waals surface area contributed by atoms with Gasteiger partial charge in [-0.15, -0.1) is 0 Å². The Morgan fingerprint density at radius 3 is 2.68 bits per heavy atom. The molecule has 0 saturated heterocycles. The summed E-state index contributed by atoms with van der Waals surface area (Å²) in [5.41, 5.74) is 8.97. The topological polar surface area (TPSA) is 76.7 Å². The highest BCUT2D eigenvalue weighted by atomic mass is 35.5. The molecule has 2 aromatic rings.